The highest BCUT2D eigenvalue weighted by molar-refractivity contribution is 9.10. The minimum Gasteiger partial charge on any atom is -0.478 e. The van der Waals surface area contributed by atoms with Crippen LogP contribution in [0.15, 0.2) is 15.5 Å². The molecule has 132 valence electrons. The summed E-state index contributed by atoms with van der Waals surface area (Å²) < 4.78 is 14.0. The van der Waals surface area contributed by atoms with Crippen molar-refractivity contribution in [1.29, 1.82) is 0 Å². The molecule has 5 atom stereocenters. The second-order valence-corrected chi connectivity index (χ2v) is 8.30. The van der Waals surface area contributed by atoms with Gasteiger partial charge in [0.05, 0.1) is 11.9 Å². The predicted molar refractivity (Wildman–Crippen MR) is 90.5 cm³/mol. The number of hydrogen-bond acceptors (Lipinski definition) is 4. The van der Waals surface area contributed by atoms with Crippen LogP contribution in [0.2, 0.25) is 0 Å². The van der Waals surface area contributed by atoms with Gasteiger partial charge in [-0.1, -0.05) is 20.8 Å². The molecule has 3 aliphatic rings. The van der Waals surface area contributed by atoms with Crippen LogP contribution in [-0.4, -0.2) is 26.9 Å². The molecule has 0 aliphatic heterocycles. The third-order valence-corrected chi connectivity index (χ3v) is 6.82. The number of nitrogens with zero attached hydrogens (tertiary/aromatic N) is 2. The van der Waals surface area contributed by atoms with Crippen molar-refractivity contribution in [3.8, 4) is 0 Å². The summed E-state index contributed by atoms with van der Waals surface area (Å²) in [5.41, 5.74) is 0.0352. The molecule has 1 heterocycles. The number of carboxylic acids is 1. The lowest BCUT2D eigenvalue weighted by atomic mass is 9.45. The normalized spacial score (nSPS) is 31.9. The summed E-state index contributed by atoms with van der Waals surface area (Å²) in [4.78, 5) is 22.8. The first kappa shape index (κ1) is 17.4. The van der Waals surface area contributed by atoms with Gasteiger partial charge in [-0.25, -0.2) is 9.18 Å². The summed E-state index contributed by atoms with van der Waals surface area (Å²) in [6, 6.07) is 0.218. The number of rotatable bonds is 4. The Labute approximate surface area is 147 Å². The Bertz CT molecular complexity index is 736. The van der Waals surface area contributed by atoms with Gasteiger partial charge in [-0.2, -0.15) is 9.78 Å². The van der Waals surface area contributed by atoms with E-state index >= 15 is 0 Å². The van der Waals surface area contributed by atoms with E-state index in [1.807, 2.05) is 0 Å². The first-order valence-corrected chi connectivity index (χ1v) is 8.84. The quantitative estimate of drug-likeness (QED) is 0.809. The zero-order valence-electron chi connectivity index (χ0n) is 13.8. The zero-order valence-corrected chi connectivity index (χ0v) is 15.4. The summed E-state index contributed by atoms with van der Waals surface area (Å²) in [6.07, 6.45) is 1.07. The SMILES string of the molecule is C[C@H]1[C@H](Nc2cnn(C(F)C(=O)O)c(=O)c2Br)C[C@H]2C[C@@H]1C2(C)C. The summed E-state index contributed by atoms with van der Waals surface area (Å²) in [7, 11) is 0. The van der Waals surface area contributed by atoms with Crippen LogP contribution >= 0.6 is 15.9 Å². The number of carboxylic acid groups (broad SMARTS) is 1. The van der Waals surface area contributed by atoms with Gasteiger partial charge in [-0.3, -0.25) is 4.79 Å². The number of carbonyl (C=O) groups is 1. The fourth-order valence-corrected chi connectivity index (χ4v) is 4.75. The van der Waals surface area contributed by atoms with Gasteiger partial charge in [0.15, 0.2) is 0 Å². The van der Waals surface area contributed by atoms with E-state index in [0.29, 0.717) is 33.5 Å². The number of aliphatic carboxylic acids is 1. The van der Waals surface area contributed by atoms with Gasteiger partial charge < -0.3 is 10.4 Å². The molecule has 8 heteroatoms. The second-order valence-electron chi connectivity index (χ2n) is 7.50. The lowest BCUT2D eigenvalue weighted by Crippen LogP contribution is -2.58. The Morgan fingerprint density at radius 1 is 1.54 bits per heavy atom. The monoisotopic (exact) mass is 401 g/mol. The van der Waals surface area contributed by atoms with Crippen molar-refractivity contribution in [2.24, 2.45) is 23.2 Å². The molecule has 0 saturated heterocycles. The molecule has 3 saturated carbocycles. The van der Waals surface area contributed by atoms with Crippen molar-refractivity contribution >= 4 is 27.6 Å². The molecule has 0 aromatic carbocycles. The fraction of sp³-hybridized carbons (Fsp3) is 0.688. The third-order valence-electron chi connectivity index (χ3n) is 6.06. The average molecular weight is 402 g/mol. The standard InChI is InChI=1S/C16H21BrFN3O3/c1-7-9-4-8(16(9,2)3)5-10(7)20-11-6-19-21(13(18)15(23)24)14(22)12(11)17/h6-10,13,20H,4-5H2,1-3H3,(H,23,24)/t7-,8-,9+,10-,13?/m1/s1. The van der Waals surface area contributed by atoms with Gasteiger partial charge in [-0.15, -0.1) is 0 Å². The van der Waals surface area contributed by atoms with E-state index < -0.39 is 17.8 Å². The fourth-order valence-electron chi connectivity index (χ4n) is 4.35. The number of halogens is 2. The van der Waals surface area contributed by atoms with Crippen molar-refractivity contribution in [2.45, 2.75) is 46.0 Å². The highest BCUT2D eigenvalue weighted by Crippen LogP contribution is 2.61. The Hall–Kier alpha value is -1.44. The maximum atomic E-state index is 13.6. The van der Waals surface area contributed by atoms with E-state index in [-0.39, 0.29) is 10.5 Å². The molecule has 1 unspecified atom stereocenters. The molecule has 1 aromatic rings. The van der Waals surface area contributed by atoms with Crippen molar-refractivity contribution in [3.05, 3.63) is 21.0 Å². The first-order chi connectivity index (χ1) is 11.1. The Morgan fingerprint density at radius 2 is 2.21 bits per heavy atom. The Kier molecular flexibility index (Phi) is 4.22. The van der Waals surface area contributed by atoms with Crippen LogP contribution in [0.3, 0.4) is 0 Å². The van der Waals surface area contributed by atoms with Crippen LogP contribution in [0.25, 0.3) is 0 Å². The topological polar surface area (TPSA) is 84.2 Å². The van der Waals surface area contributed by atoms with Crippen LogP contribution in [0.1, 0.15) is 39.9 Å². The van der Waals surface area contributed by atoms with Crippen molar-refractivity contribution in [3.63, 3.8) is 0 Å². The molecule has 2 bridgehead atoms. The van der Waals surface area contributed by atoms with Gasteiger partial charge in [0.25, 0.3) is 11.9 Å². The third kappa shape index (κ3) is 2.55. The van der Waals surface area contributed by atoms with E-state index in [1.165, 1.54) is 12.6 Å². The molecule has 24 heavy (non-hydrogen) atoms. The van der Waals surface area contributed by atoms with E-state index in [4.69, 9.17) is 5.11 Å². The number of alkyl halides is 1. The number of nitrogens with one attached hydrogen (secondary N) is 1. The molecule has 3 aliphatic carbocycles. The second kappa shape index (κ2) is 5.82. The van der Waals surface area contributed by atoms with Crippen molar-refractivity contribution in [1.82, 2.24) is 9.78 Å². The predicted octanol–water partition coefficient (Wildman–Crippen LogP) is 3.04. The number of hydrogen-bond donors (Lipinski definition) is 2. The van der Waals surface area contributed by atoms with Gasteiger partial charge in [-0.05, 0) is 51.9 Å². The highest BCUT2D eigenvalue weighted by Gasteiger charge is 2.56. The Morgan fingerprint density at radius 3 is 2.75 bits per heavy atom. The van der Waals surface area contributed by atoms with Gasteiger partial charge >= 0.3 is 5.97 Å². The lowest BCUT2D eigenvalue weighted by Gasteiger charge is -2.62. The van der Waals surface area contributed by atoms with Gasteiger partial charge in [0, 0.05) is 6.04 Å². The smallest absolute Gasteiger partial charge is 0.361 e. The van der Waals surface area contributed by atoms with Crippen LogP contribution < -0.4 is 10.9 Å². The van der Waals surface area contributed by atoms with E-state index in [1.54, 1.807) is 0 Å². The maximum Gasteiger partial charge on any atom is 0.361 e. The summed E-state index contributed by atoms with van der Waals surface area (Å²) in [5, 5.41) is 15.7. The molecular weight excluding hydrogens is 381 g/mol. The molecule has 4 rings (SSSR count). The molecule has 0 radical (unpaired) electrons. The lowest BCUT2D eigenvalue weighted by molar-refractivity contribution is -0.147. The van der Waals surface area contributed by atoms with Crippen LogP contribution in [0, 0.1) is 23.2 Å². The molecule has 0 spiro atoms. The molecule has 1 aromatic heterocycles. The minimum absolute atomic E-state index is 0.104. The molecule has 2 N–H and O–H groups in total. The first-order valence-electron chi connectivity index (χ1n) is 8.05. The highest BCUT2D eigenvalue weighted by atomic mass is 79.9. The van der Waals surface area contributed by atoms with E-state index in [0.717, 1.165) is 6.42 Å². The van der Waals surface area contributed by atoms with Crippen LogP contribution in [-0.2, 0) is 4.79 Å². The van der Waals surface area contributed by atoms with Gasteiger partial charge in [0.1, 0.15) is 4.47 Å². The summed E-state index contributed by atoms with van der Waals surface area (Å²) >= 11 is 3.15. The van der Waals surface area contributed by atoms with E-state index in [9.17, 15) is 14.0 Å². The average Bonchev–Trinajstić information content (AvgIpc) is 2.52. The minimum atomic E-state index is -2.50. The number of fused-ring (bicyclic) bond motifs is 2. The van der Waals surface area contributed by atoms with E-state index in [2.05, 4.69) is 47.1 Å². The molecule has 3 fully saturated rings. The van der Waals surface area contributed by atoms with Crippen molar-refractivity contribution in [2.75, 3.05) is 5.32 Å². The van der Waals surface area contributed by atoms with Crippen LogP contribution in [0.4, 0.5) is 10.1 Å². The molecule has 6 nitrogen and oxygen atoms in total. The largest absolute Gasteiger partial charge is 0.478 e. The van der Waals surface area contributed by atoms with Gasteiger partial charge in [0.2, 0.25) is 0 Å². The number of anilines is 1. The van der Waals surface area contributed by atoms with Crippen molar-refractivity contribution < 1.29 is 14.3 Å². The Balaban J connectivity index is 1.81. The molecular formula is C16H21BrFN3O3. The van der Waals surface area contributed by atoms with Crippen LogP contribution in [0.5, 0.6) is 0 Å². The maximum absolute atomic E-state index is 13.6. The molecule has 0 amide bonds. The zero-order chi connectivity index (χ0) is 17.8. The number of aromatic nitrogens is 2. The summed E-state index contributed by atoms with van der Waals surface area (Å²) in [5.74, 6) is 0.00123. The summed E-state index contributed by atoms with van der Waals surface area (Å²) in [6.45, 7) is 6.83.